The predicted molar refractivity (Wildman–Crippen MR) is 519 cm³/mol. The molecule has 1 aliphatic carbocycles. The van der Waals surface area contributed by atoms with Crippen molar-refractivity contribution in [2.75, 3.05) is 4.90 Å². The predicted octanol–water partition coefficient (Wildman–Crippen LogP) is 28.6. The number of hydrogen-bond donors (Lipinski definition) is 0. The second-order valence-electron chi connectivity index (χ2n) is 32.5. The number of fused-ring (bicyclic) bond motifs is 42. The normalized spacial score (nSPS) is 14.5. The van der Waals surface area contributed by atoms with Gasteiger partial charge in [0.15, 0.2) is 0 Å². The smallest absolute Gasteiger partial charge is 0.147 e. The summed E-state index contributed by atoms with van der Waals surface area (Å²) in [4.78, 5) is 27.8. The maximum absolute atomic E-state index is 5.28. The van der Waals surface area contributed by atoms with Gasteiger partial charge in [0.2, 0.25) is 0 Å². The van der Waals surface area contributed by atoms with Gasteiger partial charge in [0, 0.05) is 155 Å². The van der Waals surface area contributed by atoms with Crippen LogP contribution in [0.25, 0.3) is 231 Å². The van der Waals surface area contributed by atoms with Gasteiger partial charge in [-0.15, -0.1) is 34.0 Å². The van der Waals surface area contributed by atoms with Crippen LogP contribution in [0.3, 0.4) is 0 Å². The van der Waals surface area contributed by atoms with Gasteiger partial charge in [-0.2, -0.15) is 0 Å². The molecule has 0 N–H and O–H groups in total. The van der Waals surface area contributed by atoms with Crippen LogP contribution in [0.1, 0.15) is 5.56 Å². The molecule has 2 aliphatic heterocycles. The summed E-state index contributed by atoms with van der Waals surface area (Å²) in [6.07, 6.45) is 12.5. The van der Waals surface area contributed by atoms with Crippen molar-refractivity contribution in [2.45, 2.75) is 12.1 Å². The number of imidazole rings is 2. The molecule has 2 unspecified atom stereocenters. The monoisotopic (exact) mass is 1620 g/mol. The lowest BCUT2D eigenvalue weighted by Crippen LogP contribution is -2.41. The minimum Gasteiger partial charge on any atom is -0.315 e. The molecule has 14 heterocycles. The Morgan fingerprint density at radius 1 is 0.252 bits per heavy atom. The summed E-state index contributed by atoms with van der Waals surface area (Å²) >= 11 is 5.62. The van der Waals surface area contributed by atoms with Crippen LogP contribution in [0.5, 0.6) is 0 Å². The molecule has 30 rings (SSSR count). The SMILES string of the molecule is C1=CC2N=C3c4cc5c(cc4-c4ncccc4N3C2C=C1)c1cc2sc3ccccc3c2cc1n5-c1ccccc1.c1ccc(-n2c3cc4c(cc3c3cc5c6ccccc6n6c7ccccc7nc6c5cc32)sc2ccccc24)cc1.c1ccc(-n2c3cc4c(cc3c3cc5c6cccnc6n6c7ccccc7nc6c5cc32)sc2ccccc24)cc1. The molecule has 0 spiro atoms. The number of allylic oxidation sites excluding steroid dienone is 2. The zero-order chi connectivity index (χ0) is 80.0. The maximum atomic E-state index is 5.28. The Labute approximate surface area is 711 Å². The van der Waals surface area contributed by atoms with E-state index in [1.54, 1.807) is 0 Å². The Kier molecular flexibility index (Phi) is 14.0. The summed E-state index contributed by atoms with van der Waals surface area (Å²) in [6.45, 7) is 0. The third kappa shape index (κ3) is 9.64. The molecule has 0 radical (unpaired) electrons. The van der Waals surface area contributed by atoms with Gasteiger partial charge < -0.3 is 18.6 Å². The van der Waals surface area contributed by atoms with Crippen LogP contribution < -0.4 is 4.90 Å². The molecule has 3 aliphatic rings. The van der Waals surface area contributed by atoms with Crippen molar-refractivity contribution in [1.82, 2.24) is 42.4 Å². The summed E-state index contributed by atoms with van der Waals surface area (Å²) < 4.78 is 19.8. The van der Waals surface area contributed by atoms with Crippen LogP contribution in [0, 0.1) is 0 Å². The molecule has 14 heteroatoms. The molecule has 27 aromatic rings. The Morgan fingerprint density at radius 3 is 1.20 bits per heavy atom. The van der Waals surface area contributed by atoms with E-state index in [1.807, 2.05) is 64.6 Å². The van der Waals surface area contributed by atoms with Gasteiger partial charge in [-0.25, -0.2) is 15.0 Å². The molecule has 572 valence electrons. The topological polar surface area (TPSA) is 90.8 Å². The average Bonchev–Trinajstić information content (AvgIpc) is 1.58. The fraction of sp³-hybridized carbons (Fsp3) is 0.0183. The van der Waals surface area contributed by atoms with Crippen molar-refractivity contribution >= 4 is 248 Å². The van der Waals surface area contributed by atoms with Crippen molar-refractivity contribution in [3.8, 4) is 28.3 Å². The van der Waals surface area contributed by atoms with Gasteiger partial charge >= 0.3 is 0 Å². The van der Waals surface area contributed by atoms with E-state index >= 15 is 0 Å². The summed E-state index contributed by atoms with van der Waals surface area (Å²) in [5, 5.41) is 22.5. The summed E-state index contributed by atoms with van der Waals surface area (Å²) in [6, 6.07) is 121. The zero-order valence-corrected chi connectivity index (χ0v) is 68.0. The third-order valence-electron chi connectivity index (χ3n) is 26.0. The summed E-state index contributed by atoms with van der Waals surface area (Å²) in [5.41, 5.74) is 23.4. The number of hydrogen-bond acceptors (Lipinski definition) is 9. The quantitative estimate of drug-likeness (QED) is 0.164. The van der Waals surface area contributed by atoms with Crippen LogP contribution in [0.4, 0.5) is 5.69 Å². The fourth-order valence-electron chi connectivity index (χ4n) is 20.7. The molecular weight excluding hydrogens is 1560 g/mol. The molecule has 0 fully saturated rings. The molecule has 12 aromatic heterocycles. The van der Waals surface area contributed by atoms with Crippen LogP contribution in [-0.4, -0.2) is 60.4 Å². The molecule has 11 nitrogen and oxygen atoms in total. The minimum absolute atomic E-state index is 0.102. The van der Waals surface area contributed by atoms with Crippen molar-refractivity contribution in [3.63, 3.8) is 0 Å². The van der Waals surface area contributed by atoms with Gasteiger partial charge in [0.05, 0.1) is 84.1 Å². The van der Waals surface area contributed by atoms with E-state index in [0.717, 1.165) is 95.2 Å². The zero-order valence-electron chi connectivity index (χ0n) is 65.5. The molecule has 0 saturated carbocycles. The molecule has 15 aromatic carbocycles. The van der Waals surface area contributed by atoms with E-state index in [1.165, 1.54) is 153 Å². The van der Waals surface area contributed by atoms with Gasteiger partial charge in [-0.1, -0.05) is 176 Å². The van der Waals surface area contributed by atoms with E-state index in [9.17, 15) is 0 Å². The summed E-state index contributed by atoms with van der Waals surface area (Å²) in [7, 11) is 0. The lowest BCUT2D eigenvalue weighted by Gasteiger charge is -2.34. The molecule has 0 bridgehead atoms. The van der Waals surface area contributed by atoms with E-state index in [2.05, 4.69) is 367 Å². The number of nitrogens with zero attached hydrogens (tertiary/aromatic N) is 11. The van der Waals surface area contributed by atoms with E-state index in [-0.39, 0.29) is 12.1 Å². The highest BCUT2D eigenvalue weighted by molar-refractivity contribution is 7.26. The number of aromatic nitrogens is 9. The van der Waals surface area contributed by atoms with Gasteiger partial charge in [0.1, 0.15) is 22.8 Å². The van der Waals surface area contributed by atoms with E-state index in [0.29, 0.717) is 0 Å². The standard InChI is InChI=1S/C37H21N3S.C36H20N4S.C36H22N4S/c1-2-10-22(11-3-1)39-33-19-28-24-13-5-9-17-35(24)41-36(28)21-27(33)26-18-25-23-12-4-7-15-31(23)40-32-16-8-6-14-30(32)38-37(40)29(25)20-34(26)39;1-2-9-21(10-3-1)39-31-18-27-22-11-4-7-15-33(22)41-34(27)20-26(31)25-17-24-23-12-8-16-37-35(23)40-30-14-6-5-13-29(30)38-36(40)28(24)19-32(25)39;1-2-9-21(10-3-1)39-31-18-25-22-11-4-7-15-33(22)41-34(25)20-24(31)23-17-26-27(19-32(23)39)36-38-28-12-5-6-13-29(28)40(36)30-14-8-16-37-35(26)30/h1-21H;1-20H;1-20,28-29H. The lowest BCUT2D eigenvalue weighted by atomic mass is 9.93. The Hall–Kier alpha value is -15.5. The first kappa shape index (κ1) is 67.4. The molecular formula is C109H63N11S3. The minimum atomic E-state index is 0.102. The third-order valence-corrected chi connectivity index (χ3v) is 29.4. The van der Waals surface area contributed by atoms with E-state index < -0.39 is 0 Å². The molecule has 2 atom stereocenters. The number of para-hydroxylation sites is 8. The Balaban J connectivity index is 0.0000000946. The number of aliphatic imine (C=N–C) groups is 1. The van der Waals surface area contributed by atoms with Gasteiger partial charge in [-0.3, -0.25) is 18.8 Å². The fourth-order valence-corrected chi connectivity index (χ4v) is 24.1. The molecule has 0 amide bonds. The second-order valence-corrected chi connectivity index (χ2v) is 35.8. The Bertz CT molecular complexity index is 9060. The number of benzene rings is 15. The largest absolute Gasteiger partial charge is 0.315 e. The Morgan fingerprint density at radius 2 is 0.659 bits per heavy atom. The highest BCUT2D eigenvalue weighted by Gasteiger charge is 2.42. The first-order valence-electron chi connectivity index (χ1n) is 41.7. The highest BCUT2D eigenvalue weighted by atomic mass is 32.1. The molecule has 0 saturated heterocycles. The first-order valence-corrected chi connectivity index (χ1v) is 44.1. The van der Waals surface area contributed by atoms with Crippen LogP contribution in [-0.2, 0) is 0 Å². The summed E-state index contributed by atoms with van der Waals surface area (Å²) in [5.74, 6) is 1.03. The van der Waals surface area contributed by atoms with E-state index in [4.69, 9.17) is 24.9 Å². The van der Waals surface area contributed by atoms with Crippen molar-refractivity contribution in [1.29, 1.82) is 0 Å². The number of thiophene rings is 3. The number of pyridine rings is 4. The second kappa shape index (κ2) is 25.5. The van der Waals surface area contributed by atoms with Crippen LogP contribution in [0.2, 0.25) is 0 Å². The number of amidine groups is 1. The molecule has 123 heavy (non-hydrogen) atoms. The maximum Gasteiger partial charge on any atom is 0.147 e. The van der Waals surface area contributed by atoms with Crippen molar-refractivity contribution < 1.29 is 0 Å². The average molecular weight is 1620 g/mol. The first-order chi connectivity index (χ1) is 61.0. The van der Waals surface area contributed by atoms with Crippen molar-refractivity contribution in [3.05, 3.63) is 376 Å². The van der Waals surface area contributed by atoms with Crippen LogP contribution in [0.15, 0.2) is 375 Å². The highest BCUT2D eigenvalue weighted by Crippen LogP contribution is 2.51. The van der Waals surface area contributed by atoms with Crippen LogP contribution >= 0.6 is 34.0 Å². The van der Waals surface area contributed by atoms with Gasteiger partial charge in [-0.05, 0) is 193 Å². The number of rotatable bonds is 3. The number of anilines is 1. The lowest BCUT2D eigenvalue weighted by molar-refractivity contribution is 0.738. The van der Waals surface area contributed by atoms with Gasteiger partial charge in [0.25, 0.3) is 0 Å². The van der Waals surface area contributed by atoms with Crippen molar-refractivity contribution in [2.24, 2.45) is 4.99 Å².